The van der Waals surface area contributed by atoms with Gasteiger partial charge in [-0.15, -0.1) is 0 Å². The molecule has 1 aliphatic rings. The highest BCUT2D eigenvalue weighted by atomic mass is 19.4. The van der Waals surface area contributed by atoms with Crippen molar-refractivity contribution >= 4 is 11.9 Å². The van der Waals surface area contributed by atoms with Gasteiger partial charge in [0.05, 0.1) is 7.11 Å². The average Bonchev–Trinajstić information content (AvgIpc) is 2.40. The average molecular weight is 313 g/mol. The van der Waals surface area contributed by atoms with Crippen LogP contribution in [0, 0.1) is 0 Å². The van der Waals surface area contributed by atoms with Gasteiger partial charge in [0.1, 0.15) is 0 Å². The van der Waals surface area contributed by atoms with Gasteiger partial charge in [0.2, 0.25) is 5.79 Å². The third-order valence-electron chi connectivity index (χ3n) is 3.35. The van der Waals surface area contributed by atoms with Crippen LogP contribution in [0.25, 0.3) is 0 Å². The second-order valence-electron chi connectivity index (χ2n) is 4.47. The number of esters is 1. The molecule has 1 aliphatic carbocycles. The van der Waals surface area contributed by atoms with Crippen molar-refractivity contribution in [1.29, 1.82) is 0 Å². The number of hydrogen-bond acceptors (Lipinski definition) is 5. The number of nitrogens with one attached hydrogen (secondary N) is 1. The van der Waals surface area contributed by atoms with Crippen LogP contribution in [-0.4, -0.2) is 49.7 Å². The zero-order chi connectivity index (χ0) is 16.3. The molecule has 122 valence electrons. The van der Waals surface area contributed by atoms with Gasteiger partial charge >= 0.3 is 18.1 Å². The Hall–Kier alpha value is -1.35. The summed E-state index contributed by atoms with van der Waals surface area (Å²) >= 11 is 0. The van der Waals surface area contributed by atoms with E-state index in [0.29, 0.717) is 0 Å². The second-order valence-corrected chi connectivity index (χ2v) is 4.47. The predicted octanol–water partition coefficient (Wildman–Crippen LogP) is 1.14. The molecule has 1 amide bonds. The lowest BCUT2D eigenvalue weighted by molar-refractivity contribution is -0.318. The van der Waals surface area contributed by atoms with E-state index >= 15 is 0 Å². The van der Waals surface area contributed by atoms with Crippen LogP contribution >= 0.6 is 0 Å². The molecule has 1 atom stereocenters. The number of hydrogen-bond donors (Lipinski definition) is 1. The summed E-state index contributed by atoms with van der Waals surface area (Å²) in [5, 5.41) is 1.69. The van der Waals surface area contributed by atoms with Gasteiger partial charge in [-0.05, 0) is 20.3 Å². The van der Waals surface area contributed by atoms with Crippen molar-refractivity contribution < 1.29 is 37.0 Å². The van der Waals surface area contributed by atoms with Crippen LogP contribution in [0.1, 0.15) is 26.7 Å². The van der Waals surface area contributed by atoms with E-state index in [1.54, 1.807) is 19.2 Å². The lowest BCUT2D eigenvalue weighted by atomic mass is 9.69. The molecule has 0 aromatic heterocycles. The zero-order valence-electron chi connectivity index (χ0n) is 12.0. The minimum atomic E-state index is -5.12. The number of methoxy groups -OCH3 is 1. The van der Waals surface area contributed by atoms with E-state index in [1.807, 2.05) is 0 Å². The summed E-state index contributed by atoms with van der Waals surface area (Å²) in [7, 11) is 1.02. The minimum Gasteiger partial charge on any atom is -0.467 e. The topological polar surface area (TPSA) is 73.9 Å². The first-order valence-electron chi connectivity index (χ1n) is 6.44. The highest BCUT2D eigenvalue weighted by Gasteiger charge is 2.69. The van der Waals surface area contributed by atoms with Gasteiger partial charge in [0, 0.05) is 19.6 Å². The molecule has 9 heteroatoms. The molecule has 0 radical (unpaired) electrons. The number of carbonyl (C=O) groups is 2. The molecule has 1 saturated carbocycles. The van der Waals surface area contributed by atoms with Crippen molar-refractivity contribution in [3.05, 3.63) is 0 Å². The van der Waals surface area contributed by atoms with Crippen molar-refractivity contribution in [3.8, 4) is 0 Å². The van der Waals surface area contributed by atoms with Crippen molar-refractivity contribution in [2.24, 2.45) is 0 Å². The van der Waals surface area contributed by atoms with E-state index in [1.165, 1.54) is 0 Å². The molecule has 0 bridgehead atoms. The van der Waals surface area contributed by atoms with Crippen LogP contribution in [0.5, 0.6) is 0 Å². The fraction of sp³-hybridized carbons (Fsp3) is 0.833. The number of amides is 1. The first kappa shape index (κ1) is 17.7. The lowest BCUT2D eigenvalue weighted by Crippen LogP contribution is -2.78. The highest BCUT2D eigenvalue weighted by molar-refractivity contribution is 5.92. The van der Waals surface area contributed by atoms with Gasteiger partial charge < -0.3 is 19.5 Å². The van der Waals surface area contributed by atoms with E-state index in [2.05, 4.69) is 4.74 Å². The molecular formula is C12H18F3NO5. The van der Waals surface area contributed by atoms with Gasteiger partial charge in [-0.25, -0.2) is 4.79 Å². The van der Waals surface area contributed by atoms with Gasteiger partial charge in [0.15, 0.2) is 5.54 Å². The monoisotopic (exact) mass is 313 g/mol. The molecule has 0 aromatic rings. The minimum absolute atomic E-state index is 0.0680. The lowest BCUT2D eigenvalue weighted by Gasteiger charge is -2.55. The quantitative estimate of drug-likeness (QED) is 0.588. The summed E-state index contributed by atoms with van der Waals surface area (Å²) in [6.07, 6.45) is -5.02. The number of halogens is 3. The van der Waals surface area contributed by atoms with Crippen LogP contribution in [0.4, 0.5) is 13.2 Å². The summed E-state index contributed by atoms with van der Waals surface area (Å²) in [6, 6.07) is 0. The Morgan fingerprint density at radius 3 is 1.95 bits per heavy atom. The van der Waals surface area contributed by atoms with Crippen molar-refractivity contribution in [1.82, 2.24) is 5.32 Å². The first-order valence-corrected chi connectivity index (χ1v) is 6.44. The van der Waals surface area contributed by atoms with Crippen LogP contribution in [-0.2, 0) is 23.8 Å². The Morgan fingerprint density at radius 1 is 1.14 bits per heavy atom. The maximum Gasteiger partial charge on any atom is 0.471 e. The van der Waals surface area contributed by atoms with Gasteiger partial charge in [-0.3, -0.25) is 4.79 Å². The van der Waals surface area contributed by atoms with E-state index in [4.69, 9.17) is 9.47 Å². The summed E-state index contributed by atoms with van der Waals surface area (Å²) in [4.78, 5) is 23.2. The fourth-order valence-corrected chi connectivity index (χ4v) is 2.38. The van der Waals surface area contributed by atoms with E-state index < -0.39 is 29.4 Å². The molecule has 0 heterocycles. The Bertz CT molecular complexity index is 406. The van der Waals surface area contributed by atoms with Crippen molar-refractivity contribution in [2.75, 3.05) is 20.3 Å². The standard InChI is InChI=1S/C12H18F3NO5/c1-4-20-11(21-5-2)7-6-10(11,9(18)19-3)16-8(17)12(13,14)15/h4-7H2,1-3H3,(H,16,17). The molecule has 0 spiro atoms. The number of carbonyl (C=O) groups excluding carboxylic acids is 2. The SMILES string of the molecule is CCOC1(OCC)CCC1(NC(=O)C(F)(F)F)C(=O)OC. The van der Waals surface area contributed by atoms with Crippen LogP contribution in [0.3, 0.4) is 0 Å². The molecule has 1 N–H and O–H groups in total. The van der Waals surface area contributed by atoms with Crippen LogP contribution in [0.2, 0.25) is 0 Å². The summed E-state index contributed by atoms with van der Waals surface area (Å²) in [5.74, 6) is -4.92. The van der Waals surface area contributed by atoms with Crippen molar-refractivity contribution in [3.63, 3.8) is 0 Å². The first-order chi connectivity index (χ1) is 9.69. The third-order valence-corrected chi connectivity index (χ3v) is 3.35. The normalized spacial score (nSPS) is 24.1. The van der Waals surface area contributed by atoms with Gasteiger partial charge in [-0.1, -0.05) is 0 Å². The Kier molecular flexibility index (Phi) is 5.21. The zero-order valence-corrected chi connectivity index (χ0v) is 12.0. The summed E-state index contributed by atoms with van der Waals surface area (Å²) in [5.41, 5.74) is -2.00. The molecule has 1 fully saturated rings. The third kappa shape index (κ3) is 2.98. The van der Waals surface area contributed by atoms with Crippen LogP contribution in [0.15, 0.2) is 0 Å². The molecular weight excluding hydrogens is 295 g/mol. The second kappa shape index (κ2) is 6.18. The maximum atomic E-state index is 12.5. The number of alkyl halides is 3. The molecule has 6 nitrogen and oxygen atoms in total. The Labute approximate surface area is 119 Å². The van der Waals surface area contributed by atoms with Gasteiger partial charge in [0.25, 0.3) is 0 Å². The van der Waals surface area contributed by atoms with E-state index in [9.17, 15) is 22.8 Å². The van der Waals surface area contributed by atoms with Crippen LogP contribution < -0.4 is 5.32 Å². The van der Waals surface area contributed by atoms with Gasteiger partial charge in [-0.2, -0.15) is 13.2 Å². The molecule has 0 aromatic carbocycles. The molecule has 1 rings (SSSR count). The number of ether oxygens (including phenoxy) is 3. The Morgan fingerprint density at radius 2 is 1.67 bits per heavy atom. The predicted molar refractivity (Wildman–Crippen MR) is 64.2 cm³/mol. The van der Waals surface area contributed by atoms with E-state index in [0.717, 1.165) is 7.11 Å². The number of rotatable bonds is 6. The van der Waals surface area contributed by atoms with Crippen molar-refractivity contribution in [2.45, 2.75) is 44.2 Å². The molecule has 1 unspecified atom stereocenters. The summed E-state index contributed by atoms with van der Waals surface area (Å²) in [6.45, 7) is 3.40. The molecule has 0 aliphatic heterocycles. The molecule has 21 heavy (non-hydrogen) atoms. The molecule has 0 saturated heterocycles. The largest absolute Gasteiger partial charge is 0.471 e. The summed E-state index contributed by atoms with van der Waals surface area (Å²) < 4.78 is 52.7. The van der Waals surface area contributed by atoms with E-state index in [-0.39, 0.29) is 26.1 Å². The maximum absolute atomic E-state index is 12.5. The fourth-order valence-electron chi connectivity index (χ4n) is 2.38. The highest BCUT2D eigenvalue weighted by Crippen LogP contribution is 2.47. The smallest absolute Gasteiger partial charge is 0.467 e. The Balaban J connectivity index is 3.15.